The van der Waals surface area contributed by atoms with Crippen molar-refractivity contribution in [3.05, 3.63) is 23.8 Å². The molecule has 0 saturated carbocycles. The van der Waals surface area contributed by atoms with E-state index in [9.17, 15) is 13.2 Å². The van der Waals surface area contributed by atoms with Gasteiger partial charge in [-0.3, -0.25) is 9.89 Å². The fraction of sp³-hybridized carbons (Fsp3) is 0.667. The fourth-order valence-corrected chi connectivity index (χ4v) is 3.43. The van der Waals surface area contributed by atoms with Gasteiger partial charge in [0.2, 0.25) is 0 Å². The third kappa shape index (κ3) is 8.21. The molecule has 1 unspecified atom stereocenters. The van der Waals surface area contributed by atoms with E-state index in [4.69, 9.17) is 9.47 Å². The number of nitrogens with zero attached hydrogens (tertiary/aromatic N) is 3. The van der Waals surface area contributed by atoms with Gasteiger partial charge in [-0.05, 0) is 44.9 Å². The van der Waals surface area contributed by atoms with Gasteiger partial charge in [-0.25, -0.2) is 0 Å². The van der Waals surface area contributed by atoms with Crippen LogP contribution in [-0.4, -0.2) is 81.0 Å². The minimum absolute atomic E-state index is 0. The van der Waals surface area contributed by atoms with E-state index in [-0.39, 0.29) is 24.0 Å². The second-order valence-corrected chi connectivity index (χ2v) is 7.11. The number of benzene rings is 1. The Bertz CT molecular complexity index is 696. The highest BCUT2D eigenvalue weighted by atomic mass is 127. The molecule has 0 aromatic heterocycles. The fourth-order valence-electron chi connectivity index (χ4n) is 3.43. The number of hydrogen-bond donors (Lipinski definition) is 1. The monoisotopic (exact) mass is 558 g/mol. The first-order chi connectivity index (χ1) is 14.3. The molecule has 1 N–H and O–H groups in total. The van der Waals surface area contributed by atoms with Crippen LogP contribution in [0.15, 0.2) is 23.2 Å². The lowest BCUT2D eigenvalue weighted by Gasteiger charge is -2.39. The van der Waals surface area contributed by atoms with Gasteiger partial charge in [-0.2, -0.15) is 13.2 Å². The summed E-state index contributed by atoms with van der Waals surface area (Å²) in [6.07, 6.45) is -3.43. The van der Waals surface area contributed by atoms with Crippen molar-refractivity contribution in [1.29, 1.82) is 0 Å². The maximum atomic E-state index is 12.9. The van der Waals surface area contributed by atoms with Crippen molar-refractivity contribution in [2.45, 2.75) is 39.4 Å². The molecule has 1 aliphatic heterocycles. The highest BCUT2D eigenvalue weighted by Gasteiger charge is 2.41. The molecule has 0 spiro atoms. The van der Waals surface area contributed by atoms with Gasteiger partial charge in [-0.15, -0.1) is 24.0 Å². The van der Waals surface area contributed by atoms with Gasteiger partial charge in [0, 0.05) is 39.8 Å². The first-order valence-electron chi connectivity index (χ1n) is 10.4. The van der Waals surface area contributed by atoms with Crippen LogP contribution in [0.25, 0.3) is 0 Å². The van der Waals surface area contributed by atoms with E-state index >= 15 is 0 Å². The van der Waals surface area contributed by atoms with Gasteiger partial charge < -0.3 is 19.7 Å². The molecule has 0 aliphatic carbocycles. The summed E-state index contributed by atoms with van der Waals surface area (Å²) in [6, 6.07) is 4.49. The van der Waals surface area contributed by atoms with Crippen molar-refractivity contribution >= 4 is 29.9 Å². The molecule has 1 fully saturated rings. The highest BCUT2D eigenvalue weighted by Crippen LogP contribution is 2.28. The average Bonchev–Trinajstić information content (AvgIpc) is 2.72. The number of rotatable bonds is 8. The summed E-state index contributed by atoms with van der Waals surface area (Å²) in [4.78, 5) is 7.77. The molecule has 1 aliphatic rings. The van der Waals surface area contributed by atoms with Gasteiger partial charge in [0.25, 0.3) is 0 Å². The molecule has 1 heterocycles. The zero-order valence-electron chi connectivity index (χ0n) is 18.7. The number of piperazine rings is 1. The standard InChI is InChI=1S/C21H33F3N4O2.HI/c1-5-29-18-8-7-17(15-19(18)30-6-2)9-10-26-20(25-4)28-13-11-27(12-14-28)16(3)21(22,23)24;/h7-8,15-16H,5-6,9-14H2,1-4H3,(H,25,26);1H. The van der Waals surface area contributed by atoms with Gasteiger partial charge in [-0.1, -0.05) is 6.07 Å². The van der Waals surface area contributed by atoms with E-state index in [1.807, 2.05) is 36.9 Å². The minimum Gasteiger partial charge on any atom is -0.490 e. The lowest BCUT2D eigenvalue weighted by Crippen LogP contribution is -2.56. The Morgan fingerprint density at radius 3 is 2.26 bits per heavy atom. The summed E-state index contributed by atoms with van der Waals surface area (Å²) in [5.74, 6) is 2.18. The Morgan fingerprint density at radius 2 is 1.71 bits per heavy atom. The third-order valence-electron chi connectivity index (χ3n) is 5.15. The summed E-state index contributed by atoms with van der Waals surface area (Å²) >= 11 is 0. The van der Waals surface area contributed by atoms with Crippen LogP contribution >= 0.6 is 24.0 Å². The summed E-state index contributed by atoms with van der Waals surface area (Å²) in [5, 5.41) is 3.32. The molecular weight excluding hydrogens is 524 g/mol. The maximum Gasteiger partial charge on any atom is 0.403 e. The number of guanidine groups is 1. The van der Waals surface area contributed by atoms with Crippen LogP contribution in [-0.2, 0) is 6.42 Å². The first-order valence-corrected chi connectivity index (χ1v) is 10.4. The van der Waals surface area contributed by atoms with Crippen LogP contribution in [0.1, 0.15) is 26.3 Å². The second-order valence-electron chi connectivity index (χ2n) is 7.11. The van der Waals surface area contributed by atoms with Crippen molar-refractivity contribution in [3.8, 4) is 11.5 Å². The van der Waals surface area contributed by atoms with E-state index in [1.165, 1.54) is 11.8 Å². The van der Waals surface area contributed by atoms with Crippen molar-refractivity contribution < 1.29 is 22.6 Å². The molecule has 0 radical (unpaired) electrons. The lowest BCUT2D eigenvalue weighted by atomic mass is 10.1. The summed E-state index contributed by atoms with van der Waals surface area (Å²) < 4.78 is 50.0. The Balaban J connectivity index is 0.00000480. The predicted octanol–water partition coefficient (Wildman–Crippen LogP) is 3.79. The number of nitrogens with one attached hydrogen (secondary N) is 1. The maximum absolute atomic E-state index is 12.9. The molecule has 6 nitrogen and oxygen atoms in total. The number of alkyl halides is 3. The van der Waals surface area contributed by atoms with Crippen LogP contribution in [0.3, 0.4) is 0 Å². The Labute approximate surface area is 200 Å². The van der Waals surface area contributed by atoms with Crippen molar-refractivity contribution in [1.82, 2.24) is 15.1 Å². The number of ether oxygens (including phenoxy) is 2. The molecule has 2 rings (SSSR count). The van der Waals surface area contributed by atoms with E-state index < -0.39 is 12.2 Å². The normalized spacial score (nSPS) is 16.5. The summed E-state index contributed by atoms with van der Waals surface area (Å²) in [5.41, 5.74) is 1.11. The van der Waals surface area contributed by atoms with Crippen LogP contribution in [0, 0.1) is 0 Å². The molecule has 0 bridgehead atoms. The molecule has 1 aromatic rings. The van der Waals surface area contributed by atoms with E-state index in [0.29, 0.717) is 51.9 Å². The zero-order chi connectivity index (χ0) is 22.1. The van der Waals surface area contributed by atoms with E-state index in [0.717, 1.165) is 23.5 Å². The zero-order valence-corrected chi connectivity index (χ0v) is 21.0. The largest absolute Gasteiger partial charge is 0.490 e. The SMILES string of the molecule is CCOc1ccc(CCNC(=NC)N2CCN(C(C)C(F)(F)F)CC2)cc1OCC.I. The van der Waals surface area contributed by atoms with E-state index in [1.54, 1.807) is 7.05 Å². The molecule has 1 saturated heterocycles. The Hall–Kier alpha value is -1.43. The highest BCUT2D eigenvalue weighted by molar-refractivity contribution is 14.0. The first kappa shape index (κ1) is 27.6. The van der Waals surface area contributed by atoms with Crippen LogP contribution in [0.5, 0.6) is 11.5 Å². The molecular formula is C21H34F3IN4O2. The lowest BCUT2D eigenvalue weighted by molar-refractivity contribution is -0.181. The topological polar surface area (TPSA) is 49.3 Å². The molecule has 0 amide bonds. The predicted molar refractivity (Wildman–Crippen MR) is 128 cm³/mol. The van der Waals surface area contributed by atoms with Crippen LogP contribution in [0.4, 0.5) is 13.2 Å². The average molecular weight is 558 g/mol. The molecule has 178 valence electrons. The van der Waals surface area contributed by atoms with Crippen molar-refractivity contribution in [2.75, 3.05) is 53.0 Å². The smallest absolute Gasteiger partial charge is 0.403 e. The summed E-state index contributed by atoms with van der Waals surface area (Å²) in [6.45, 7) is 8.62. The van der Waals surface area contributed by atoms with Crippen LogP contribution in [0.2, 0.25) is 0 Å². The third-order valence-corrected chi connectivity index (χ3v) is 5.15. The molecule has 10 heteroatoms. The van der Waals surface area contributed by atoms with Crippen molar-refractivity contribution in [2.24, 2.45) is 4.99 Å². The van der Waals surface area contributed by atoms with Gasteiger partial charge in [0.1, 0.15) is 6.04 Å². The van der Waals surface area contributed by atoms with Crippen molar-refractivity contribution in [3.63, 3.8) is 0 Å². The number of halogens is 4. The van der Waals surface area contributed by atoms with Gasteiger partial charge >= 0.3 is 6.18 Å². The molecule has 31 heavy (non-hydrogen) atoms. The summed E-state index contributed by atoms with van der Waals surface area (Å²) in [7, 11) is 1.69. The van der Waals surface area contributed by atoms with Gasteiger partial charge in [0.15, 0.2) is 17.5 Å². The van der Waals surface area contributed by atoms with Crippen LogP contribution < -0.4 is 14.8 Å². The second kappa shape index (κ2) is 13.2. The quantitative estimate of drug-likeness (QED) is 0.299. The Morgan fingerprint density at radius 1 is 1.10 bits per heavy atom. The number of aliphatic imine (C=N–C) groups is 1. The molecule has 1 aromatic carbocycles. The molecule has 1 atom stereocenters. The number of hydrogen-bond acceptors (Lipinski definition) is 4. The Kier molecular flexibility index (Phi) is 11.7. The minimum atomic E-state index is -4.19. The van der Waals surface area contributed by atoms with E-state index in [2.05, 4.69) is 10.3 Å². The van der Waals surface area contributed by atoms with Gasteiger partial charge in [0.05, 0.1) is 13.2 Å².